The summed E-state index contributed by atoms with van der Waals surface area (Å²) in [6.07, 6.45) is 5.20. The van der Waals surface area contributed by atoms with Gasteiger partial charge in [-0.3, -0.25) is 9.59 Å². The number of nitrogens with zero attached hydrogens (tertiary/aromatic N) is 1. The molecule has 0 aromatic carbocycles. The van der Waals surface area contributed by atoms with Gasteiger partial charge in [-0.1, -0.05) is 39.5 Å². The van der Waals surface area contributed by atoms with Crippen molar-refractivity contribution in [1.29, 1.82) is 0 Å². The van der Waals surface area contributed by atoms with E-state index in [0.717, 1.165) is 32.1 Å². The van der Waals surface area contributed by atoms with Crippen molar-refractivity contribution in [2.24, 2.45) is 5.92 Å². The molecule has 5 nitrogen and oxygen atoms in total. The van der Waals surface area contributed by atoms with Gasteiger partial charge in [-0.25, -0.2) is 4.79 Å². The van der Waals surface area contributed by atoms with Crippen molar-refractivity contribution < 1.29 is 19.2 Å². The molecule has 1 aliphatic rings. The molecule has 0 radical (unpaired) electrons. The Morgan fingerprint density at radius 1 is 1.42 bits per heavy atom. The number of amides is 2. The van der Waals surface area contributed by atoms with Crippen molar-refractivity contribution >= 4 is 25.6 Å². The van der Waals surface area contributed by atoms with Crippen molar-refractivity contribution in [3.8, 4) is 0 Å². The molecule has 6 heteroatoms. The highest BCUT2D eigenvalue weighted by Crippen LogP contribution is 2.23. The molecule has 1 aliphatic heterocycles. The van der Waals surface area contributed by atoms with Crippen LogP contribution in [0.15, 0.2) is 0 Å². The molecule has 1 fully saturated rings. The average Bonchev–Trinajstić information content (AvgIpc) is 2.61. The lowest BCUT2D eigenvalue weighted by Crippen LogP contribution is -2.34. The van der Waals surface area contributed by atoms with E-state index in [2.05, 4.69) is 6.92 Å². The first-order chi connectivity index (χ1) is 8.97. The Balaban J connectivity index is 2.37. The standard InChI is InChI=1S/C13H22BNO4/c1-3-4-5-6-7-9(2)13(18)19-15-11(16)8-10(14)12(15)17/h9-10H,3-8,14H2,1-2H3. The van der Waals surface area contributed by atoms with Gasteiger partial charge in [0.05, 0.1) is 5.92 Å². The van der Waals surface area contributed by atoms with Crippen LogP contribution in [0.2, 0.25) is 5.82 Å². The minimum Gasteiger partial charge on any atom is -0.330 e. The molecule has 0 aromatic heterocycles. The van der Waals surface area contributed by atoms with Crippen LogP contribution in [0, 0.1) is 5.92 Å². The molecule has 2 atom stereocenters. The van der Waals surface area contributed by atoms with Gasteiger partial charge >= 0.3 is 5.97 Å². The summed E-state index contributed by atoms with van der Waals surface area (Å²) in [5, 5.41) is 0.634. The fourth-order valence-electron chi connectivity index (χ4n) is 2.03. The quantitative estimate of drug-likeness (QED) is 0.395. The van der Waals surface area contributed by atoms with E-state index in [-0.39, 0.29) is 18.2 Å². The third kappa shape index (κ3) is 4.37. The zero-order valence-electron chi connectivity index (χ0n) is 12.0. The van der Waals surface area contributed by atoms with Gasteiger partial charge in [0.25, 0.3) is 11.8 Å². The summed E-state index contributed by atoms with van der Waals surface area (Å²) in [4.78, 5) is 39.8. The van der Waals surface area contributed by atoms with E-state index in [1.165, 1.54) is 0 Å². The molecule has 106 valence electrons. The number of carbonyl (C=O) groups excluding carboxylic acids is 3. The molecule has 0 bridgehead atoms. The molecule has 0 aromatic rings. The highest BCUT2D eigenvalue weighted by atomic mass is 16.7. The van der Waals surface area contributed by atoms with E-state index < -0.39 is 17.8 Å². The van der Waals surface area contributed by atoms with Gasteiger partial charge < -0.3 is 4.84 Å². The number of carbonyl (C=O) groups is 3. The number of hydrogen-bond donors (Lipinski definition) is 0. The largest absolute Gasteiger partial charge is 0.335 e. The summed E-state index contributed by atoms with van der Waals surface area (Å²) < 4.78 is 0. The topological polar surface area (TPSA) is 63.7 Å². The predicted molar refractivity (Wildman–Crippen MR) is 72.8 cm³/mol. The van der Waals surface area contributed by atoms with E-state index in [9.17, 15) is 14.4 Å². The van der Waals surface area contributed by atoms with Crippen LogP contribution in [0.1, 0.15) is 52.4 Å². The van der Waals surface area contributed by atoms with Crippen LogP contribution in [0.4, 0.5) is 0 Å². The van der Waals surface area contributed by atoms with Crippen LogP contribution < -0.4 is 0 Å². The van der Waals surface area contributed by atoms with Crippen molar-refractivity contribution in [1.82, 2.24) is 5.06 Å². The average molecular weight is 267 g/mol. The van der Waals surface area contributed by atoms with Crippen molar-refractivity contribution in [2.45, 2.75) is 58.2 Å². The molecule has 1 saturated heterocycles. The first kappa shape index (κ1) is 15.7. The summed E-state index contributed by atoms with van der Waals surface area (Å²) in [6, 6.07) is 0. The molecule has 1 rings (SSSR count). The minimum absolute atomic E-state index is 0.122. The van der Waals surface area contributed by atoms with E-state index >= 15 is 0 Å². The second kappa shape index (κ2) is 7.31. The highest BCUT2D eigenvalue weighted by Gasteiger charge is 2.39. The highest BCUT2D eigenvalue weighted by molar-refractivity contribution is 6.29. The number of hydrogen-bond acceptors (Lipinski definition) is 4. The summed E-state index contributed by atoms with van der Waals surface area (Å²) in [6.45, 7) is 3.90. The maximum absolute atomic E-state index is 11.8. The third-order valence-electron chi connectivity index (χ3n) is 3.40. The minimum atomic E-state index is -0.493. The summed E-state index contributed by atoms with van der Waals surface area (Å²) in [5.74, 6) is -2.01. The normalized spacial score (nSPS) is 20.7. The SMILES string of the molecule is BC1CC(=O)N(OC(=O)C(C)CCCCCC)C1=O. The lowest BCUT2D eigenvalue weighted by Gasteiger charge is -2.16. The Hall–Kier alpha value is -1.33. The van der Waals surface area contributed by atoms with Crippen molar-refractivity contribution in [3.05, 3.63) is 0 Å². The molecule has 0 saturated carbocycles. The Bertz CT molecular complexity index is 359. The van der Waals surface area contributed by atoms with Crippen LogP contribution in [-0.4, -0.2) is 30.7 Å². The zero-order valence-corrected chi connectivity index (χ0v) is 12.0. The van der Waals surface area contributed by atoms with Crippen LogP contribution in [0.3, 0.4) is 0 Å². The summed E-state index contributed by atoms with van der Waals surface area (Å²) in [5.41, 5.74) is 0. The summed E-state index contributed by atoms with van der Waals surface area (Å²) in [7, 11) is 1.66. The molecule has 2 unspecified atom stereocenters. The third-order valence-corrected chi connectivity index (χ3v) is 3.40. The number of unbranched alkanes of at least 4 members (excludes halogenated alkanes) is 3. The smallest absolute Gasteiger partial charge is 0.330 e. The van der Waals surface area contributed by atoms with Gasteiger partial charge in [-0.2, -0.15) is 0 Å². The van der Waals surface area contributed by atoms with Gasteiger partial charge in [0.15, 0.2) is 0 Å². The second-order valence-electron chi connectivity index (χ2n) is 5.29. The monoisotopic (exact) mass is 267 g/mol. The van der Waals surface area contributed by atoms with Gasteiger partial charge in [-0.05, 0) is 6.42 Å². The molecular weight excluding hydrogens is 245 g/mol. The predicted octanol–water partition coefficient (Wildman–Crippen LogP) is 1.23. The Morgan fingerprint density at radius 2 is 2.11 bits per heavy atom. The van der Waals surface area contributed by atoms with Gasteiger partial charge in [-0.15, -0.1) is 5.06 Å². The fourth-order valence-corrected chi connectivity index (χ4v) is 2.03. The lowest BCUT2D eigenvalue weighted by molar-refractivity contribution is -0.200. The number of hydroxylamine groups is 2. The van der Waals surface area contributed by atoms with Crippen molar-refractivity contribution in [2.75, 3.05) is 0 Å². The Labute approximate surface area is 115 Å². The Kier molecular flexibility index (Phi) is 6.05. The van der Waals surface area contributed by atoms with Gasteiger partial charge in [0.1, 0.15) is 7.85 Å². The molecular formula is C13H22BNO4. The molecule has 1 heterocycles. The fraction of sp³-hybridized carbons (Fsp3) is 0.769. The van der Waals surface area contributed by atoms with E-state index in [0.29, 0.717) is 5.06 Å². The zero-order chi connectivity index (χ0) is 14.4. The number of rotatable bonds is 7. The Morgan fingerprint density at radius 3 is 2.63 bits per heavy atom. The van der Waals surface area contributed by atoms with E-state index in [1.807, 2.05) is 0 Å². The van der Waals surface area contributed by atoms with Crippen LogP contribution in [-0.2, 0) is 19.2 Å². The molecule has 0 N–H and O–H groups in total. The number of imide groups is 1. The van der Waals surface area contributed by atoms with Crippen LogP contribution >= 0.6 is 0 Å². The maximum Gasteiger partial charge on any atom is 0.335 e. The maximum atomic E-state index is 11.8. The van der Waals surface area contributed by atoms with Gasteiger partial charge in [0.2, 0.25) is 0 Å². The molecule has 19 heavy (non-hydrogen) atoms. The molecule has 0 spiro atoms. The van der Waals surface area contributed by atoms with Crippen LogP contribution in [0.25, 0.3) is 0 Å². The summed E-state index contributed by atoms with van der Waals surface area (Å²) >= 11 is 0. The first-order valence-corrected chi connectivity index (χ1v) is 7.06. The second-order valence-corrected chi connectivity index (χ2v) is 5.29. The van der Waals surface area contributed by atoms with Crippen LogP contribution in [0.5, 0.6) is 0 Å². The molecule has 0 aliphatic carbocycles. The van der Waals surface area contributed by atoms with E-state index in [1.54, 1.807) is 14.8 Å². The van der Waals surface area contributed by atoms with Gasteiger partial charge in [0, 0.05) is 12.2 Å². The van der Waals surface area contributed by atoms with E-state index in [4.69, 9.17) is 4.84 Å². The van der Waals surface area contributed by atoms with Crippen molar-refractivity contribution in [3.63, 3.8) is 0 Å². The molecule has 2 amide bonds. The lowest BCUT2D eigenvalue weighted by atomic mass is 9.86. The first-order valence-electron chi connectivity index (χ1n) is 7.06.